The average molecular weight is 210 g/mol. The predicted molar refractivity (Wildman–Crippen MR) is 58.3 cm³/mol. The van der Waals surface area contributed by atoms with Crippen molar-refractivity contribution >= 4 is 11.4 Å². The molecule has 0 spiro atoms. The van der Waals surface area contributed by atoms with Gasteiger partial charge in [0, 0.05) is 18.8 Å². The maximum absolute atomic E-state index is 13.5. The minimum absolute atomic E-state index is 0.238. The number of piperidine rings is 1. The van der Waals surface area contributed by atoms with E-state index in [0.717, 1.165) is 0 Å². The zero-order chi connectivity index (χ0) is 10.8. The van der Waals surface area contributed by atoms with Crippen LogP contribution < -0.4 is 10.6 Å². The van der Waals surface area contributed by atoms with Crippen LogP contribution in [0, 0.1) is 5.82 Å². The van der Waals surface area contributed by atoms with Crippen molar-refractivity contribution in [1.29, 1.82) is 0 Å². The molecule has 1 aliphatic rings. The zero-order valence-corrected chi connectivity index (χ0v) is 8.49. The third-order valence-corrected chi connectivity index (χ3v) is 2.78. The Labute approximate surface area is 88.3 Å². The van der Waals surface area contributed by atoms with Gasteiger partial charge >= 0.3 is 0 Å². The lowest BCUT2D eigenvalue weighted by Gasteiger charge is -2.31. The molecule has 0 aliphatic carbocycles. The van der Waals surface area contributed by atoms with E-state index in [1.807, 2.05) is 4.90 Å². The van der Waals surface area contributed by atoms with Gasteiger partial charge in [0.15, 0.2) is 0 Å². The first-order valence-corrected chi connectivity index (χ1v) is 5.15. The molecule has 3 N–H and O–H groups in total. The van der Waals surface area contributed by atoms with Crippen molar-refractivity contribution in [1.82, 2.24) is 0 Å². The quantitative estimate of drug-likeness (QED) is 0.688. The maximum atomic E-state index is 13.5. The van der Waals surface area contributed by atoms with Gasteiger partial charge in [0.1, 0.15) is 5.82 Å². The van der Waals surface area contributed by atoms with Gasteiger partial charge in [0.2, 0.25) is 0 Å². The Morgan fingerprint density at radius 3 is 2.60 bits per heavy atom. The van der Waals surface area contributed by atoms with E-state index in [-0.39, 0.29) is 11.9 Å². The molecule has 1 aliphatic heterocycles. The largest absolute Gasteiger partial charge is 0.399 e. The van der Waals surface area contributed by atoms with Gasteiger partial charge in [-0.25, -0.2) is 4.39 Å². The lowest BCUT2D eigenvalue weighted by atomic mass is 10.1. The summed E-state index contributed by atoms with van der Waals surface area (Å²) in [6.45, 7) is 1.39. The van der Waals surface area contributed by atoms with E-state index in [0.29, 0.717) is 37.3 Å². The molecule has 3 nitrogen and oxygen atoms in total. The first-order chi connectivity index (χ1) is 7.16. The maximum Gasteiger partial charge on any atom is 0.148 e. The van der Waals surface area contributed by atoms with Crippen LogP contribution in [0.3, 0.4) is 0 Å². The van der Waals surface area contributed by atoms with Crippen molar-refractivity contribution in [2.45, 2.75) is 18.9 Å². The Bertz CT molecular complexity index is 348. The van der Waals surface area contributed by atoms with Crippen LogP contribution in [0.1, 0.15) is 12.8 Å². The molecule has 15 heavy (non-hydrogen) atoms. The number of nitrogen functional groups attached to an aromatic ring is 1. The first-order valence-electron chi connectivity index (χ1n) is 5.15. The normalized spacial score (nSPS) is 18.1. The molecular formula is C11H15FN2O. The molecular weight excluding hydrogens is 195 g/mol. The van der Waals surface area contributed by atoms with Gasteiger partial charge in [-0.15, -0.1) is 0 Å². The zero-order valence-electron chi connectivity index (χ0n) is 8.49. The highest BCUT2D eigenvalue weighted by atomic mass is 19.1. The van der Waals surface area contributed by atoms with Crippen molar-refractivity contribution in [3.05, 3.63) is 24.0 Å². The number of rotatable bonds is 1. The van der Waals surface area contributed by atoms with Gasteiger partial charge < -0.3 is 15.7 Å². The van der Waals surface area contributed by atoms with Crippen LogP contribution in [0.5, 0.6) is 0 Å². The Balaban J connectivity index is 2.15. The smallest absolute Gasteiger partial charge is 0.148 e. The fourth-order valence-corrected chi connectivity index (χ4v) is 1.89. The summed E-state index contributed by atoms with van der Waals surface area (Å²) in [7, 11) is 0. The van der Waals surface area contributed by atoms with E-state index in [1.165, 1.54) is 6.07 Å². The molecule has 1 aromatic rings. The minimum Gasteiger partial charge on any atom is -0.399 e. The molecule has 1 heterocycles. The second-order valence-electron chi connectivity index (χ2n) is 3.93. The third-order valence-electron chi connectivity index (χ3n) is 2.78. The number of nitrogens with zero attached hydrogens (tertiary/aromatic N) is 1. The molecule has 0 amide bonds. The highest BCUT2D eigenvalue weighted by molar-refractivity contribution is 5.54. The molecule has 1 fully saturated rings. The van der Waals surface area contributed by atoms with Crippen LogP contribution in [0.25, 0.3) is 0 Å². The number of hydrogen-bond donors (Lipinski definition) is 2. The summed E-state index contributed by atoms with van der Waals surface area (Å²) in [5, 5.41) is 9.35. The lowest BCUT2D eigenvalue weighted by Crippen LogP contribution is -2.36. The van der Waals surface area contributed by atoms with Crippen LogP contribution in [-0.4, -0.2) is 24.3 Å². The molecule has 0 aromatic heterocycles. The van der Waals surface area contributed by atoms with Gasteiger partial charge in [-0.2, -0.15) is 0 Å². The van der Waals surface area contributed by atoms with Gasteiger partial charge in [-0.05, 0) is 31.0 Å². The molecule has 0 radical (unpaired) electrons. The lowest BCUT2D eigenvalue weighted by molar-refractivity contribution is 0.145. The van der Waals surface area contributed by atoms with Crippen molar-refractivity contribution in [3.63, 3.8) is 0 Å². The molecule has 1 saturated heterocycles. The Morgan fingerprint density at radius 2 is 2.00 bits per heavy atom. The molecule has 0 saturated carbocycles. The first kappa shape index (κ1) is 10.2. The number of anilines is 2. The molecule has 82 valence electrons. The van der Waals surface area contributed by atoms with E-state index in [4.69, 9.17) is 5.73 Å². The van der Waals surface area contributed by atoms with Gasteiger partial charge in [-0.1, -0.05) is 0 Å². The minimum atomic E-state index is -0.286. The van der Waals surface area contributed by atoms with Crippen molar-refractivity contribution in [2.75, 3.05) is 23.7 Å². The van der Waals surface area contributed by atoms with E-state index < -0.39 is 0 Å². The predicted octanol–water partition coefficient (Wildman–Crippen LogP) is 1.37. The van der Waals surface area contributed by atoms with Crippen LogP contribution in [0.15, 0.2) is 18.2 Å². The van der Waals surface area contributed by atoms with Crippen LogP contribution in [0.4, 0.5) is 15.8 Å². The number of aliphatic hydroxyl groups excluding tert-OH is 1. The molecule has 0 atom stereocenters. The summed E-state index contributed by atoms with van der Waals surface area (Å²) < 4.78 is 13.5. The Hall–Kier alpha value is -1.29. The van der Waals surface area contributed by atoms with Crippen molar-refractivity contribution < 1.29 is 9.50 Å². The average Bonchev–Trinajstić information content (AvgIpc) is 2.20. The molecule has 1 aromatic carbocycles. The molecule has 4 heteroatoms. The van der Waals surface area contributed by atoms with Crippen molar-refractivity contribution in [2.24, 2.45) is 0 Å². The van der Waals surface area contributed by atoms with Crippen LogP contribution >= 0.6 is 0 Å². The van der Waals surface area contributed by atoms with E-state index >= 15 is 0 Å². The van der Waals surface area contributed by atoms with Gasteiger partial charge in [0.25, 0.3) is 0 Å². The summed E-state index contributed by atoms with van der Waals surface area (Å²) in [6, 6.07) is 4.73. The van der Waals surface area contributed by atoms with Crippen LogP contribution in [0.2, 0.25) is 0 Å². The number of aliphatic hydroxyl groups is 1. The summed E-state index contributed by atoms with van der Waals surface area (Å²) in [4.78, 5) is 1.95. The molecule has 2 rings (SSSR count). The second-order valence-corrected chi connectivity index (χ2v) is 3.93. The Morgan fingerprint density at radius 1 is 1.33 bits per heavy atom. The summed E-state index contributed by atoms with van der Waals surface area (Å²) in [6.07, 6.45) is 1.16. The van der Waals surface area contributed by atoms with E-state index in [1.54, 1.807) is 12.1 Å². The van der Waals surface area contributed by atoms with Crippen molar-refractivity contribution in [3.8, 4) is 0 Å². The van der Waals surface area contributed by atoms with E-state index in [2.05, 4.69) is 0 Å². The SMILES string of the molecule is Nc1ccc(N2CCC(O)CC2)c(F)c1. The molecule has 0 unspecified atom stereocenters. The summed E-state index contributed by atoms with van der Waals surface area (Å²) in [5.41, 5.74) is 6.50. The summed E-state index contributed by atoms with van der Waals surface area (Å²) >= 11 is 0. The fraction of sp³-hybridized carbons (Fsp3) is 0.455. The Kier molecular flexibility index (Phi) is 2.77. The third kappa shape index (κ3) is 2.21. The fourth-order valence-electron chi connectivity index (χ4n) is 1.89. The van der Waals surface area contributed by atoms with Gasteiger partial charge in [-0.3, -0.25) is 0 Å². The number of hydrogen-bond acceptors (Lipinski definition) is 3. The van der Waals surface area contributed by atoms with E-state index in [9.17, 15) is 9.50 Å². The highest BCUT2D eigenvalue weighted by Gasteiger charge is 2.19. The highest BCUT2D eigenvalue weighted by Crippen LogP contribution is 2.24. The number of halogens is 1. The number of nitrogens with two attached hydrogens (primary N) is 1. The van der Waals surface area contributed by atoms with Crippen LogP contribution in [-0.2, 0) is 0 Å². The van der Waals surface area contributed by atoms with Gasteiger partial charge in [0.05, 0.1) is 11.8 Å². The second kappa shape index (κ2) is 4.06. The summed E-state index contributed by atoms with van der Waals surface area (Å²) in [5.74, 6) is -0.286. The number of benzene rings is 1. The standard InChI is InChI=1S/C11H15FN2O/c12-10-7-8(13)1-2-11(10)14-5-3-9(15)4-6-14/h1-2,7,9,15H,3-6,13H2. The molecule has 0 bridgehead atoms. The monoisotopic (exact) mass is 210 g/mol. The topological polar surface area (TPSA) is 49.5 Å².